The molecule has 30 heavy (non-hydrogen) atoms. The molecule has 3 aromatic rings. The first kappa shape index (κ1) is 20.3. The van der Waals surface area contributed by atoms with Gasteiger partial charge in [0.15, 0.2) is 0 Å². The quantitative estimate of drug-likeness (QED) is 0.435. The predicted octanol–water partition coefficient (Wildman–Crippen LogP) is 6.88. The zero-order valence-corrected chi connectivity index (χ0v) is 16.4. The second-order valence-electron chi connectivity index (χ2n) is 6.51. The van der Waals surface area contributed by atoms with Gasteiger partial charge >= 0.3 is 0 Å². The van der Waals surface area contributed by atoms with Gasteiger partial charge in [-0.3, -0.25) is 0 Å². The molecule has 142 valence electrons. The summed E-state index contributed by atoms with van der Waals surface area (Å²) in [7, 11) is 0. The summed E-state index contributed by atoms with van der Waals surface area (Å²) in [4.78, 5) is 0. The minimum absolute atomic E-state index is 0.376. The van der Waals surface area contributed by atoms with Gasteiger partial charge in [0.05, 0.1) is 11.1 Å². The molecule has 0 bridgehead atoms. The lowest BCUT2D eigenvalue weighted by molar-refractivity contribution is 1.42. The molecule has 0 aliphatic rings. The van der Waals surface area contributed by atoms with Gasteiger partial charge in [0, 0.05) is 0 Å². The smallest absolute Gasteiger partial charge is 0.101 e. The zero-order chi connectivity index (χ0) is 21.0. The van der Waals surface area contributed by atoms with Crippen molar-refractivity contribution < 1.29 is 0 Å². The minimum Gasteiger partial charge on any atom is -0.192 e. The van der Waals surface area contributed by atoms with Crippen molar-refractivity contribution in [3.05, 3.63) is 130 Å². The number of allylic oxidation sites excluding steroid dienone is 4. The molecule has 0 aliphatic carbocycles. The second-order valence-corrected chi connectivity index (χ2v) is 6.51. The highest BCUT2D eigenvalue weighted by atomic mass is 14.3. The maximum Gasteiger partial charge on any atom is 0.101 e. The Morgan fingerprint density at radius 1 is 0.500 bits per heavy atom. The van der Waals surface area contributed by atoms with Crippen molar-refractivity contribution in [1.29, 1.82) is 10.5 Å². The third-order valence-corrected chi connectivity index (χ3v) is 4.41. The van der Waals surface area contributed by atoms with Crippen molar-refractivity contribution in [2.75, 3.05) is 0 Å². The molecule has 2 heteroatoms. The molecule has 0 heterocycles. The fourth-order valence-corrected chi connectivity index (χ4v) is 2.89. The lowest BCUT2D eigenvalue weighted by atomic mass is 9.98. The van der Waals surface area contributed by atoms with Crippen molar-refractivity contribution in [3.63, 3.8) is 0 Å². The Bertz CT molecular complexity index is 1090. The van der Waals surface area contributed by atoms with Crippen LogP contribution in [0.3, 0.4) is 0 Å². The molecule has 0 atom stereocenters. The number of rotatable bonds is 6. The molecule has 0 aromatic heterocycles. The molecular weight excluding hydrogens is 364 g/mol. The maximum absolute atomic E-state index is 9.36. The van der Waals surface area contributed by atoms with Gasteiger partial charge in [-0.05, 0) is 34.4 Å². The molecule has 0 spiro atoms. The Morgan fingerprint density at radius 2 is 0.867 bits per heavy atom. The van der Waals surface area contributed by atoms with Crippen molar-refractivity contribution in [1.82, 2.24) is 0 Å². The van der Waals surface area contributed by atoms with Gasteiger partial charge in [0.25, 0.3) is 0 Å². The molecule has 0 amide bonds. The average Bonchev–Trinajstić information content (AvgIpc) is 2.81. The Labute approximate surface area is 177 Å². The molecule has 0 saturated heterocycles. The van der Waals surface area contributed by atoms with E-state index in [0.29, 0.717) is 11.1 Å². The highest BCUT2D eigenvalue weighted by Crippen LogP contribution is 2.20. The van der Waals surface area contributed by atoms with Crippen molar-refractivity contribution >= 4 is 24.3 Å². The van der Waals surface area contributed by atoms with Crippen molar-refractivity contribution in [2.45, 2.75) is 0 Å². The third-order valence-electron chi connectivity index (χ3n) is 4.41. The number of hydrogen-bond donors (Lipinski definition) is 0. The van der Waals surface area contributed by atoms with E-state index in [1.54, 1.807) is 12.1 Å². The molecule has 3 aromatic carbocycles. The van der Waals surface area contributed by atoms with Crippen LogP contribution >= 0.6 is 0 Å². The standard InChI is InChI=1S/C28H20N2/c29-21-27-19-25(17-9-7-15-23-11-3-1-4-12-23)26(20-28(27)22-30)18-10-8-16-24-13-5-2-6-14-24/h1-20H/b15-7+,16-8+,17-9+,18-10+. The second kappa shape index (κ2) is 10.8. The Hall–Kier alpha value is -4.40. The first-order chi connectivity index (χ1) is 14.8. The van der Waals surface area contributed by atoms with Gasteiger partial charge in [0.1, 0.15) is 12.1 Å². The average molecular weight is 384 g/mol. The van der Waals surface area contributed by atoms with E-state index < -0.39 is 0 Å². The van der Waals surface area contributed by atoms with E-state index in [1.807, 2.05) is 109 Å². The first-order valence-electron chi connectivity index (χ1n) is 9.58. The number of nitriles is 2. The topological polar surface area (TPSA) is 47.6 Å². The fraction of sp³-hybridized carbons (Fsp3) is 0. The van der Waals surface area contributed by atoms with Crippen LogP contribution in [0.5, 0.6) is 0 Å². The third kappa shape index (κ3) is 5.80. The largest absolute Gasteiger partial charge is 0.192 e. The predicted molar refractivity (Wildman–Crippen MR) is 125 cm³/mol. The summed E-state index contributed by atoms with van der Waals surface area (Å²) in [6, 6.07) is 27.8. The molecule has 2 nitrogen and oxygen atoms in total. The summed E-state index contributed by atoms with van der Waals surface area (Å²) in [5, 5.41) is 18.7. The van der Waals surface area contributed by atoms with Crippen LogP contribution in [0, 0.1) is 22.7 Å². The van der Waals surface area contributed by atoms with Crippen LogP contribution in [-0.4, -0.2) is 0 Å². The first-order valence-corrected chi connectivity index (χ1v) is 9.58. The molecule has 0 fully saturated rings. The van der Waals surface area contributed by atoms with E-state index in [1.165, 1.54) is 0 Å². The summed E-state index contributed by atoms with van der Waals surface area (Å²) < 4.78 is 0. The summed E-state index contributed by atoms with van der Waals surface area (Å²) in [5.41, 5.74) is 4.75. The zero-order valence-electron chi connectivity index (χ0n) is 16.4. The van der Waals surface area contributed by atoms with E-state index in [0.717, 1.165) is 22.3 Å². The van der Waals surface area contributed by atoms with E-state index in [2.05, 4.69) is 12.1 Å². The summed E-state index contributed by atoms with van der Waals surface area (Å²) in [5.74, 6) is 0. The minimum atomic E-state index is 0.376. The fourth-order valence-electron chi connectivity index (χ4n) is 2.89. The van der Waals surface area contributed by atoms with Gasteiger partial charge in [0.2, 0.25) is 0 Å². The van der Waals surface area contributed by atoms with Crippen LogP contribution in [0.15, 0.2) is 97.1 Å². The van der Waals surface area contributed by atoms with E-state index in [4.69, 9.17) is 0 Å². The van der Waals surface area contributed by atoms with E-state index >= 15 is 0 Å². The molecule has 0 saturated carbocycles. The number of hydrogen-bond acceptors (Lipinski definition) is 2. The summed E-state index contributed by atoms with van der Waals surface area (Å²) >= 11 is 0. The van der Waals surface area contributed by atoms with Gasteiger partial charge < -0.3 is 0 Å². The normalized spacial score (nSPS) is 11.4. The highest BCUT2D eigenvalue weighted by molar-refractivity contribution is 5.71. The monoisotopic (exact) mass is 384 g/mol. The SMILES string of the molecule is N#Cc1cc(/C=C/C=C/c2ccccc2)c(/C=C/C=C/c2ccccc2)cc1C#N. The van der Waals surface area contributed by atoms with Crippen LogP contribution in [0.4, 0.5) is 0 Å². The van der Waals surface area contributed by atoms with Crippen LogP contribution in [-0.2, 0) is 0 Å². The van der Waals surface area contributed by atoms with Crippen LogP contribution < -0.4 is 0 Å². The van der Waals surface area contributed by atoms with Crippen LogP contribution in [0.1, 0.15) is 33.4 Å². The number of benzene rings is 3. The molecular formula is C28H20N2. The van der Waals surface area contributed by atoms with Crippen LogP contribution in [0.25, 0.3) is 24.3 Å². The van der Waals surface area contributed by atoms with Crippen molar-refractivity contribution in [3.8, 4) is 12.1 Å². The summed E-state index contributed by atoms with van der Waals surface area (Å²) in [6.45, 7) is 0. The van der Waals surface area contributed by atoms with Crippen molar-refractivity contribution in [2.24, 2.45) is 0 Å². The Morgan fingerprint density at radius 3 is 1.23 bits per heavy atom. The molecule has 0 radical (unpaired) electrons. The van der Waals surface area contributed by atoms with Gasteiger partial charge in [-0.1, -0.05) is 109 Å². The maximum atomic E-state index is 9.36. The van der Waals surface area contributed by atoms with Crippen LogP contribution in [0.2, 0.25) is 0 Å². The number of nitrogens with zero attached hydrogens (tertiary/aromatic N) is 2. The Kier molecular flexibility index (Phi) is 7.33. The molecule has 3 rings (SSSR count). The molecule has 0 unspecified atom stereocenters. The lowest BCUT2D eigenvalue weighted by Crippen LogP contribution is -1.89. The van der Waals surface area contributed by atoms with Gasteiger partial charge in [-0.2, -0.15) is 10.5 Å². The highest BCUT2D eigenvalue weighted by Gasteiger charge is 2.06. The van der Waals surface area contributed by atoms with Gasteiger partial charge in [-0.25, -0.2) is 0 Å². The molecule has 0 N–H and O–H groups in total. The van der Waals surface area contributed by atoms with Gasteiger partial charge in [-0.15, -0.1) is 0 Å². The summed E-state index contributed by atoms with van der Waals surface area (Å²) in [6.07, 6.45) is 15.7. The molecule has 0 aliphatic heterocycles. The Balaban J connectivity index is 1.85. The van der Waals surface area contributed by atoms with E-state index in [-0.39, 0.29) is 0 Å². The lowest BCUT2D eigenvalue weighted by Gasteiger charge is -2.04. The van der Waals surface area contributed by atoms with E-state index in [9.17, 15) is 10.5 Å².